The molecule has 0 radical (unpaired) electrons. The molecule has 22 nitrogen and oxygen atoms in total. The van der Waals surface area contributed by atoms with Gasteiger partial charge in [-0.15, -0.1) is 0 Å². The zero-order valence-electron chi connectivity index (χ0n) is 44.7. The molecule has 28 heteroatoms. The zero-order valence-corrected chi connectivity index (χ0v) is 49.6. The minimum absolute atomic E-state index is 0.00702. The number of carbonyl (C=O) groups excluding carboxylic acids is 7. The third-order valence-corrected chi connectivity index (χ3v) is 18.3. The molecule has 9 rings (SSSR count). The molecule has 0 unspecified atom stereocenters. The highest BCUT2D eigenvalue weighted by Gasteiger charge is 2.25. The lowest BCUT2D eigenvalue weighted by molar-refractivity contribution is -0.129. The molecule has 3 N–H and O–H groups in total. The molecule has 4 heterocycles. The number of hydrogen-bond acceptors (Lipinski definition) is 21. The molecule has 1 aromatic heterocycles. The van der Waals surface area contributed by atoms with Crippen molar-refractivity contribution in [1.82, 2.24) is 9.88 Å². The summed E-state index contributed by atoms with van der Waals surface area (Å²) in [5.74, 6) is 0.869. The van der Waals surface area contributed by atoms with Gasteiger partial charge < -0.3 is 23.8 Å². The van der Waals surface area contributed by atoms with Crippen LogP contribution in [0.1, 0.15) is 70.0 Å². The van der Waals surface area contributed by atoms with Crippen LogP contribution in [0, 0.1) is 0 Å². The molecule has 0 spiro atoms. The second-order valence-electron chi connectivity index (χ2n) is 18.0. The van der Waals surface area contributed by atoms with Gasteiger partial charge in [-0.3, -0.25) is 52.7 Å². The third kappa shape index (κ3) is 17.9. The molecule has 6 aromatic rings. The molecule has 436 valence electrons. The van der Waals surface area contributed by atoms with E-state index in [-0.39, 0.29) is 94.4 Å². The second kappa shape index (κ2) is 28.0. The summed E-state index contributed by atoms with van der Waals surface area (Å²) < 4.78 is 105. The Morgan fingerprint density at radius 3 is 1.33 bits per heavy atom. The van der Waals surface area contributed by atoms with Crippen LogP contribution in [0.2, 0.25) is 0 Å². The molecule has 3 aliphatic rings. The maximum absolute atomic E-state index is 12.8. The molecular weight excluding hydrogens is 1200 g/mol. The number of anilines is 3. The molecule has 1 amide bonds. The highest BCUT2D eigenvalue weighted by molar-refractivity contribution is 8.14. The first kappa shape index (κ1) is 62.8. The molecule has 0 saturated heterocycles. The summed E-state index contributed by atoms with van der Waals surface area (Å²) in [4.78, 5) is 87.0. The van der Waals surface area contributed by atoms with Gasteiger partial charge in [0.1, 0.15) is 18.1 Å². The van der Waals surface area contributed by atoms with Crippen LogP contribution in [0.15, 0.2) is 136 Å². The van der Waals surface area contributed by atoms with E-state index >= 15 is 0 Å². The van der Waals surface area contributed by atoms with Crippen LogP contribution in [0.25, 0.3) is 0 Å². The number of ether oxygens (including phenoxy) is 4. The number of carbonyl (C=O) groups is 7. The first-order valence-electron chi connectivity index (χ1n) is 24.8. The van der Waals surface area contributed by atoms with E-state index in [4.69, 9.17) is 18.9 Å². The van der Waals surface area contributed by atoms with E-state index in [1.807, 2.05) is 0 Å². The predicted molar refractivity (Wildman–Crippen MR) is 313 cm³/mol. The first-order chi connectivity index (χ1) is 39.3. The molecule has 0 fully saturated rings. The summed E-state index contributed by atoms with van der Waals surface area (Å²) in [7, 11) is -11.7. The van der Waals surface area contributed by atoms with E-state index in [1.54, 1.807) is 59.5 Å². The highest BCUT2D eigenvalue weighted by Crippen LogP contribution is 2.35. The topological polar surface area (TPSA) is 311 Å². The summed E-state index contributed by atoms with van der Waals surface area (Å²) in [5.41, 5.74) is 3.17. The fraction of sp³-hybridized carbons (Fsp3) is 0.236. The number of ketones is 3. The molecule has 5 aromatic carbocycles. The minimum Gasteiger partial charge on any atom is -0.486 e. The average molecular weight is 1250 g/mol. The Hall–Kier alpha value is -7.76. The quantitative estimate of drug-likeness (QED) is 0.0696. The van der Waals surface area contributed by atoms with Crippen LogP contribution in [0.5, 0.6) is 23.0 Å². The van der Waals surface area contributed by atoms with Gasteiger partial charge in [0.15, 0.2) is 55.7 Å². The van der Waals surface area contributed by atoms with E-state index in [0.29, 0.717) is 78.0 Å². The van der Waals surface area contributed by atoms with Gasteiger partial charge in [0.2, 0.25) is 12.7 Å². The van der Waals surface area contributed by atoms with E-state index in [9.17, 15) is 58.8 Å². The smallest absolute Gasteiger partial charge is 0.263 e. The molecule has 83 heavy (non-hydrogen) atoms. The lowest BCUT2D eigenvalue weighted by Crippen LogP contribution is -2.34. The highest BCUT2D eigenvalue weighted by atomic mass is 32.2. The molecular formula is C55H53N5O17S6. The van der Waals surface area contributed by atoms with Crippen molar-refractivity contribution in [2.75, 3.05) is 58.0 Å². The molecule has 0 atom stereocenters. The summed E-state index contributed by atoms with van der Waals surface area (Å²) in [6, 6.07) is 28.6. The summed E-state index contributed by atoms with van der Waals surface area (Å²) in [6.07, 6.45) is 1.87. The van der Waals surface area contributed by atoms with E-state index in [2.05, 4.69) is 19.2 Å². The lowest BCUT2D eigenvalue weighted by atomic mass is 10.1. The van der Waals surface area contributed by atoms with Crippen LogP contribution in [0.3, 0.4) is 0 Å². The number of fused-ring (bicyclic) bond motifs is 3. The summed E-state index contributed by atoms with van der Waals surface area (Å²) in [6.45, 7) is 7.32. The number of sulfonamides is 3. The largest absolute Gasteiger partial charge is 0.486 e. The van der Waals surface area contributed by atoms with Crippen molar-refractivity contribution < 1.29 is 77.8 Å². The van der Waals surface area contributed by atoms with Gasteiger partial charge in [-0.25, -0.2) is 25.3 Å². The van der Waals surface area contributed by atoms with Gasteiger partial charge in [0.25, 0.3) is 30.1 Å². The SMILES string of the molecule is CC(=O)SCC(=O)c1cccc(NS(=O)(=O)c2ccc3c(c2)OCCO3)c1.CC(=O)SCC(=O)c1cccc(NS(=O)(=O)c2ccc3c(c2)OCO3)c1.CC(=O)SCC(=O)c1cccc(NS(=O)(=O)c2cnc3c(c2)CN(C(C)=O)CC3)c1. The van der Waals surface area contributed by atoms with Crippen molar-refractivity contribution in [2.24, 2.45) is 0 Å². The van der Waals surface area contributed by atoms with Gasteiger partial charge in [-0.1, -0.05) is 71.7 Å². The fourth-order valence-corrected chi connectivity index (χ4v) is 12.4. The maximum atomic E-state index is 12.8. The second-order valence-corrected chi connectivity index (χ2v) is 26.5. The molecule has 0 aliphatic carbocycles. The van der Waals surface area contributed by atoms with Gasteiger partial charge in [0.05, 0.1) is 27.0 Å². The Labute approximate surface area is 491 Å². The van der Waals surface area contributed by atoms with Crippen LogP contribution in [-0.2, 0) is 62.2 Å². The number of nitrogens with zero attached hydrogens (tertiary/aromatic N) is 2. The first-order valence-corrected chi connectivity index (χ1v) is 32.2. The van der Waals surface area contributed by atoms with Crippen LogP contribution in [-0.4, -0.2) is 118 Å². The normalized spacial score (nSPS) is 13.1. The van der Waals surface area contributed by atoms with E-state index in [0.717, 1.165) is 41.0 Å². The maximum Gasteiger partial charge on any atom is 0.263 e. The Kier molecular flexibility index (Phi) is 21.2. The predicted octanol–water partition coefficient (Wildman–Crippen LogP) is 7.65. The Morgan fingerprint density at radius 2 is 0.892 bits per heavy atom. The van der Waals surface area contributed by atoms with Crippen molar-refractivity contribution >= 4 is 121 Å². The summed E-state index contributed by atoms with van der Waals surface area (Å²) >= 11 is 2.72. The van der Waals surface area contributed by atoms with Gasteiger partial charge >= 0.3 is 0 Å². The number of thioether (sulfide) groups is 3. The number of amides is 1. The number of pyridine rings is 1. The monoisotopic (exact) mass is 1250 g/mol. The number of nitrogens with one attached hydrogen (secondary N) is 3. The molecule has 0 bridgehead atoms. The van der Waals surface area contributed by atoms with Crippen LogP contribution >= 0.6 is 35.3 Å². The minimum atomic E-state index is -3.94. The van der Waals surface area contributed by atoms with Crippen molar-refractivity contribution in [3.8, 4) is 23.0 Å². The van der Waals surface area contributed by atoms with Gasteiger partial charge in [0, 0.05) is 105 Å². The number of benzene rings is 5. The zero-order chi connectivity index (χ0) is 60.1. The molecule has 0 saturated carbocycles. The van der Waals surface area contributed by atoms with E-state index in [1.165, 1.54) is 94.6 Å². The van der Waals surface area contributed by atoms with Gasteiger partial charge in [-0.05, 0) is 72.3 Å². The number of Topliss-reactive ketones (excluding diaryl/α,β-unsaturated/α-hetero) is 3. The van der Waals surface area contributed by atoms with E-state index < -0.39 is 30.1 Å². The number of rotatable bonds is 18. The lowest BCUT2D eigenvalue weighted by Gasteiger charge is -2.27. The van der Waals surface area contributed by atoms with Crippen molar-refractivity contribution in [3.05, 3.63) is 149 Å². The summed E-state index contributed by atoms with van der Waals surface area (Å²) in [5, 5.41) is -0.472. The standard InChI is InChI=1S/C20H21N3O5S2.C18H17NO6S2.C17H15NO6S2/c1-13(24)23-7-6-19-16(11-23)9-18(10-21-19)30(27,28)22-17-5-3-4-15(8-17)20(26)12-29-14(2)25;1-12(20)26-11-16(21)13-3-2-4-14(9-13)19-27(22,23)15-5-6-17-18(10-15)25-8-7-24-17;1-11(19)25-9-15(20)12-3-2-4-13(7-12)18-26(21,22)14-5-6-16-17(8-14)24-10-23-16/h3-5,8-10,22H,6-7,11-12H2,1-2H3;2-6,9-10,19H,7-8,11H2,1H3;2-8,18H,9-10H2,1H3. The number of hydrogen-bond donors (Lipinski definition) is 3. The fourth-order valence-electron chi connectivity index (χ4n) is 7.72. The third-order valence-electron chi connectivity index (χ3n) is 11.8. The van der Waals surface area contributed by atoms with Crippen molar-refractivity contribution in [3.63, 3.8) is 0 Å². The Balaban J connectivity index is 0.000000179. The Morgan fingerprint density at radius 1 is 0.494 bits per heavy atom. The van der Waals surface area contributed by atoms with Crippen molar-refractivity contribution in [1.29, 1.82) is 0 Å². The molecule has 3 aliphatic heterocycles. The van der Waals surface area contributed by atoms with Crippen molar-refractivity contribution in [2.45, 2.75) is 55.3 Å². The van der Waals surface area contributed by atoms with Crippen LogP contribution in [0.4, 0.5) is 17.1 Å². The Bertz CT molecular complexity index is 3860. The number of aromatic nitrogens is 1. The van der Waals surface area contributed by atoms with Crippen LogP contribution < -0.4 is 33.1 Å². The van der Waals surface area contributed by atoms with Gasteiger partial charge in [-0.2, -0.15) is 0 Å². The average Bonchev–Trinajstić information content (AvgIpc) is 4.09.